The predicted octanol–water partition coefficient (Wildman–Crippen LogP) is 2.20. The van der Waals surface area contributed by atoms with Crippen LogP contribution in [0.4, 0.5) is 0 Å². The van der Waals surface area contributed by atoms with Gasteiger partial charge in [0.1, 0.15) is 0 Å². The van der Waals surface area contributed by atoms with Gasteiger partial charge in [-0.3, -0.25) is 4.79 Å². The lowest BCUT2D eigenvalue weighted by Crippen LogP contribution is -2.48. The minimum Gasteiger partial charge on any atom is -0.372 e. The number of rotatable bonds is 2. The molecule has 2 fully saturated rings. The van der Waals surface area contributed by atoms with Crippen LogP contribution in [-0.2, 0) is 9.53 Å². The Balaban J connectivity index is 1.83. The zero-order chi connectivity index (χ0) is 11.5. The van der Waals surface area contributed by atoms with E-state index in [1.54, 1.807) is 0 Å². The van der Waals surface area contributed by atoms with Gasteiger partial charge in [0.2, 0.25) is 5.91 Å². The van der Waals surface area contributed by atoms with Crippen molar-refractivity contribution in [1.29, 1.82) is 0 Å². The van der Waals surface area contributed by atoms with E-state index in [4.69, 9.17) is 4.74 Å². The van der Waals surface area contributed by atoms with Gasteiger partial charge in [0.25, 0.3) is 0 Å². The second-order valence-electron chi connectivity index (χ2n) is 5.41. The van der Waals surface area contributed by atoms with Crippen molar-refractivity contribution in [2.75, 3.05) is 13.1 Å². The Kier molecular flexibility index (Phi) is 3.85. The van der Waals surface area contributed by atoms with Gasteiger partial charge in [-0.05, 0) is 32.6 Å². The zero-order valence-electron chi connectivity index (χ0n) is 10.4. The molecule has 1 aliphatic carbocycles. The molecular formula is C13H23NO2. The van der Waals surface area contributed by atoms with Crippen molar-refractivity contribution in [3.63, 3.8) is 0 Å². The second-order valence-corrected chi connectivity index (χ2v) is 5.41. The molecule has 0 N–H and O–H groups in total. The summed E-state index contributed by atoms with van der Waals surface area (Å²) < 4.78 is 5.64. The van der Waals surface area contributed by atoms with E-state index >= 15 is 0 Å². The van der Waals surface area contributed by atoms with Crippen LogP contribution in [0, 0.1) is 5.92 Å². The molecule has 0 bridgehead atoms. The average Bonchev–Trinajstić information content (AvgIpc) is 2.68. The van der Waals surface area contributed by atoms with E-state index < -0.39 is 0 Å². The Morgan fingerprint density at radius 3 is 2.31 bits per heavy atom. The quantitative estimate of drug-likeness (QED) is 0.721. The summed E-state index contributed by atoms with van der Waals surface area (Å²) in [7, 11) is 0. The van der Waals surface area contributed by atoms with Gasteiger partial charge in [-0.15, -0.1) is 0 Å². The summed E-state index contributed by atoms with van der Waals surface area (Å²) in [5.74, 6) is 0.995. The molecule has 2 aliphatic rings. The third-order valence-electron chi connectivity index (χ3n) is 3.71. The summed E-state index contributed by atoms with van der Waals surface area (Å²) in [5.41, 5.74) is 0. The smallest absolute Gasteiger partial charge is 0.223 e. The lowest BCUT2D eigenvalue weighted by atomic mass is 10.0. The van der Waals surface area contributed by atoms with Gasteiger partial charge in [-0.25, -0.2) is 0 Å². The van der Waals surface area contributed by atoms with E-state index in [1.807, 2.05) is 18.7 Å². The van der Waals surface area contributed by atoms with Crippen molar-refractivity contribution in [2.24, 2.45) is 5.92 Å². The van der Waals surface area contributed by atoms with Crippen LogP contribution >= 0.6 is 0 Å². The molecule has 0 aromatic rings. The number of amides is 1. The lowest BCUT2D eigenvalue weighted by molar-refractivity contribution is -0.144. The van der Waals surface area contributed by atoms with Crippen molar-refractivity contribution >= 4 is 5.91 Å². The third kappa shape index (κ3) is 2.97. The van der Waals surface area contributed by atoms with E-state index in [-0.39, 0.29) is 12.2 Å². The van der Waals surface area contributed by atoms with E-state index in [0.717, 1.165) is 19.5 Å². The molecule has 1 aliphatic heterocycles. The number of hydrogen-bond acceptors (Lipinski definition) is 2. The van der Waals surface area contributed by atoms with Crippen molar-refractivity contribution in [1.82, 2.24) is 4.90 Å². The summed E-state index contributed by atoms with van der Waals surface area (Å²) in [4.78, 5) is 14.1. The number of nitrogens with zero attached hydrogens (tertiary/aromatic N) is 1. The molecule has 0 spiro atoms. The Morgan fingerprint density at radius 2 is 1.75 bits per heavy atom. The number of carbonyl (C=O) groups is 1. The molecule has 2 atom stereocenters. The molecule has 1 saturated heterocycles. The highest BCUT2D eigenvalue weighted by Crippen LogP contribution is 2.28. The molecule has 0 aromatic carbocycles. The highest BCUT2D eigenvalue weighted by Gasteiger charge is 2.28. The molecule has 1 amide bonds. The number of morpholine rings is 1. The van der Waals surface area contributed by atoms with Gasteiger partial charge in [0.15, 0.2) is 0 Å². The standard InChI is InChI=1S/C13H23NO2/c1-10-8-14(9-11(2)16-10)13(15)7-12-5-3-4-6-12/h10-12H,3-9H2,1-2H3/t10-,11+. The van der Waals surface area contributed by atoms with Gasteiger partial charge in [0.05, 0.1) is 12.2 Å². The summed E-state index contributed by atoms with van der Waals surface area (Å²) in [5, 5.41) is 0. The van der Waals surface area contributed by atoms with E-state index in [1.165, 1.54) is 25.7 Å². The van der Waals surface area contributed by atoms with Gasteiger partial charge in [-0.1, -0.05) is 12.8 Å². The Morgan fingerprint density at radius 1 is 1.19 bits per heavy atom. The Bertz CT molecular complexity index is 238. The molecular weight excluding hydrogens is 202 g/mol. The van der Waals surface area contributed by atoms with Crippen LogP contribution in [0.25, 0.3) is 0 Å². The van der Waals surface area contributed by atoms with E-state index in [9.17, 15) is 4.79 Å². The van der Waals surface area contributed by atoms with Gasteiger partial charge in [-0.2, -0.15) is 0 Å². The summed E-state index contributed by atoms with van der Waals surface area (Å²) >= 11 is 0. The first-order valence-electron chi connectivity index (χ1n) is 6.58. The highest BCUT2D eigenvalue weighted by molar-refractivity contribution is 5.76. The van der Waals surface area contributed by atoms with Crippen LogP contribution in [0.5, 0.6) is 0 Å². The van der Waals surface area contributed by atoms with Crippen molar-refractivity contribution < 1.29 is 9.53 Å². The van der Waals surface area contributed by atoms with Crippen LogP contribution < -0.4 is 0 Å². The van der Waals surface area contributed by atoms with Crippen LogP contribution in [0.3, 0.4) is 0 Å². The van der Waals surface area contributed by atoms with Crippen LogP contribution in [0.15, 0.2) is 0 Å². The van der Waals surface area contributed by atoms with Gasteiger partial charge < -0.3 is 9.64 Å². The summed E-state index contributed by atoms with van der Waals surface area (Å²) in [6.07, 6.45) is 6.27. The monoisotopic (exact) mass is 225 g/mol. The average molecular weight is 225 g/mol. The normalized spacial score (nSPS) is 32.0. The Hall–Kier alpha value is -0.570. The maximum Gasteiger partial charge on any atom is 0.223 e. The maximum absolute atomic E-state index is 12.1. The molecule has 16 heavy (non-hydrogen) atoms. The lowest BCUT2D eigenvalue weighted by Gasteiger charge is -2.35. The summed E-state index contributed by atoms with van der Waals surface area (Å²) in [6, 6.07) is 0. The number of ether oxygens (including phenoxy) is 1. The molecule has 0 unspecified atom stereocenters. The zero-order valence-corrected chi connectivity index (χ0v) is 10.4. The Labute approximate surface area is 98.1 Å². The molecule has 3 nitrogen and oxygen atoms in total. The first-order valence-corrected chi connectivity index (χ1v) is 6.58. The topological polar surface area (TPSA) is 29.5 Å². The fraction of sp³-hybridized carbons (Fsp3) is 0.923. The largest absolute Gasteiger partial charge is 0.372 e. The van der Waals surface area contributed by atoms with Crippen LogP contribution in [-0.4, -0.2) is 36.1 Å². The van der Waals surface area contributed by atoms with E-state index in [2.05, 4.69) is 0 Å². The number of carbonyl (C=O) groups excluding carboxylic acids is 1. The molecule has 92 valence electrons. The third-order valence-corrected chi connectivity index (χ3v) is 3.71. The van der Waals surface area contributed by atoms with Crippen LogP contribution in [0.1, 0.15) is 46.0 Å². The van der Waals surface area contributed by atoms with Gasteiger partial charge >= 0.3 is 0 Å². The predicted molar refractivity (Wildman–Crippen MR) is 63.2 cm³/mol. The van der Waals surface area contributed by atoms with E-state index in [0.29, 0.717) is 11.8 Å². The minimum atomic E-state index is 0.191. The maximum atomic E-state index is 12.1. The first-order chi connectivity index (χ1) is 7.65. The molecule has 3 heteroatoms. The fourth-order valence-corrected chi connectivity index (χ4v) is 2.97. The minimum absolute atomic E-state index is 0.191. The van der Waals surface area contributed by atoms with Gasteiger partial charge in [0, 0.05) is 19.5 Å². The van der Waals surface area contributed by atoms with Crippen molar-refractivity contribution in [3.05, 3.63) is 0 Å². The molecule has 0 aromatic heterocycles. The highest BCUT2D eigenvalue weighted by atomic mass is 16.5. The van der Waals surface area contributed by atoms with Crippen molar-refractivity contribution in [3.8, 4) is 0 Å². The molecule has 1 heterocycles. The van der Waals surface area contributed by atoms with Crippen molar-refractivity contribution in [2.45, 2.75) is 58.2 Å². The van der Waals surface area contributed by atoms with Crippen LogP contribution in [0.2, 0.25) is 0 Å². The fourth-order valence-electron chi connectivity index (χ4n) is 2.97. The molecule has 2 rings (SSSR count). The SMILES string of the molecule is C[C@@H]1CN(C(=O)CC2CCCC2)C[C@H](C)O1. The molecule has 1 saturated carbocycles. The first kappa shape index (κ1) is 11.9. The molecule has 0 radical (unpaired) electrons. The second kappa shape index (κ2) is 5.17. The summed E-state index contributed by atoms with van der Waals surface area (Å²) in [6.45, 7) is 5.64. The number of hydrogen-bond donors (Lipinski definition) is 0.